The number of nitrogens with two attached hydrogens (primary N) is 1. The van der Waals surface area contributed by atoms with Gasteiger partial charge in [0.25, 0.3) is 5.91 Å². The van der Waals surface area contributed by atoms with Crippen molar-refractivity contribution in [2.75, 3.05) is 19.1 Å². The van der Waals surface area contributed by atoms with Crippen LogP contribution in [-0.2, 0) is 4.74 Å². The molecule has 0 aliphatic rings. The van der Waals surface area contributed by atoms with Crippen LogP contribution < -0.4 is 16.6 Å². The highest BCUT2D eigenvalue weighted by Crippen LogP contribution is 2.11. The van der Waals surface area contributed by atoms with Gasteiger partial charge in [0.05, 0.1) is 30.1 Å². The number of methoxy groups -OCH3 is 1. The van der Waals surface area contributed by atoms with Gasteiger partial charge in [0, 0.05) is 13.3 Å². The number of rotatable bonds is 6. The Morgan fingerprint density at radius 3 is 3.00 bits per heavy atom. The van der Waals surface area contributed by atoms with Crippen LogP contribution in [0.25, 0.3) is 0 Å². The number of carbonyl (C=O) groups is 1. The molecule has 1 heterocycles. The van der Waals surface area contributed by atoms with Crippen LogP contribution in [0.3, 0.4) is 0 Å². The number of hydrogen-bond acceptors (Lipinski definition) is 5. The minimum absolute atomic E-state index is 0.00807. The molecule has 17 heavy (non-hydrogen) atoms. The van der Waals surface area contributed by atoms with E-state index in [9.17, 15) is 4.79 Å². The third kappa shape index (κ3) is 3.69. The first-order valence-electron chi connectivity index (χ1n) is 5.43. The number of nitrogen functional groups attached to an aromatic ring is 1. The summed E-state index contributed by atoms with van der Waals surface area (Å²) in [6.45, 7) is 2.47. The Hall–Kier alpha value is -1.66. The van der Waals surface area contributed by atoms with Crippen molar-refractivity contribution in [3.8, 4) is 0 Å². The van der Waals surface area contributed by atoms with Crippen LogP contribution in [-0.4, -0.2) is 30.6 Å². The predicted octanol–water partition coefficient (Wildman–Crippen LogP) is 0.522. The lowest BCUT2D eigenvalue weighted by Crippen LogP contribution is -2.38. The molecule has 0 fully saturated rings. The van der Waals surface area contributed by atoms with Crippen molar-refractivity contribution >= 4 is 11.6 Å². The molecule has 0 saturated carbocycles. The molecule has 0 spiro atoms. The molecule has 0 bridgehead atoms. The topological polar surface area (TPSA) is 89.3 Å². The predicted molar refractivity (Wildman–Crippen MR) is 65.5 cm³/mol. The molecule has 4 N–H and O–H groups in total. The third-order valence-electron chi connectivity index (χ3n) is 2.42. The fraction of sp³-hybridized carbons (Fsp3) is 0.455. The number of carbonyl (C=O) groups excluding carboxylic acids is 1. The van der Waals surface area contributed by atoms with E-state index in [1.165, 1.54) is 6.20 Å². The van der Waals surface area contributed by atoms with Crippen molar-refractivity contribution in [3.63, 3.8) is 0 Å². The van der Waals surface area contributed by atoms with Crippen LogP contribution in [0.5, 0.6) is 0 Å². The molecule has 0 saturated heterocycles. The Kier molecular flexibility index (Phi) is 5.38. The van der Waals surface area contributed by atoms with Gasteiger partial charge in [-0.1, -0.05) is 6.92 Å². The molecule has 1 amide bonds. The van der Waals surface area contributed by atoms with Gasteiger partial charge in [0.2, 0.25) is 0 Å². The van der Waals surface area contributed by atoms with E-state index in [1.54, 1.807) is 19.4 Å². The first kappa shape index (κ1) is 13.4. The van der Waals surface area contributed by atoms with Gasteiger partial charge in [-0.25, -0.2) is 0 Å². The summed E-state index contributed by atoms with van der Waals surface area (Å²) in [5.41, 5.74) is 3.41. The SMILES string of the molecule is CCC(COC)NC(=O)c1ccncc1NN. The van der Waals surface area contributed by atoms with Crippen molar-refractivity contribution in [2.45, 2.75) is 19.4 Å². The number of nitrogens with zero attached hydrogens (tertiary/aromatic N) is 1. The summed E-state index contributed by atoms with van der Waals surface area (Å²) in [5, 5.41) is 2.87. The quantitative estimate of drug-likeness (QED) is 0.496. The average molecular weight is 238 g/mol. The first-order valence-corrected chi connectivity index (χ1v) is 5.43. The number of ether oxygens (including phenoxy) is 1. The van der Waals surface area contributed by atoms with E-state index in [2.05, 4.69) is 15.7 Å². The van der Waals surface area contributed by atoms with E-state index < -0.39 is 0 Å². The molecule has 0 radical (unpaired) electrons. The lowest BCUT2D eigenvalue weighted by molar-refractivity contribution is 0.0895. The van der Waals surface area contributed by atoms with Crippen molar-refractivity contribution in [3.05, 3.63) is 24.0 Å². The van der Waals surface area contributed by atoms with Crippen molar-refractivity contribution in [2.24, 2.45) is 5.84 Å². The van der Waals surface area contributed by atoms with Crippen LogP contribution >= 0.6 is 0 Å². The zero-order chi connectivity index (χ0) is 12.7. The van der Waals surface area contributed by atoms with Gasteiger partial charge in [-0.15, -0.1) is 0 Å². The van der Waals surface area contributed by atoms with Crippen LogP contribution in [0, 0.1) is 0 Å². The molecule has 1 aromatic rings. The Balaban J connectivity index is 2.75. The van der Waals surface area contributed by atoms with Crippen LogP contribution in [0.4, 0.5) is 5.69 Å². The number of amides is 1. The van der Waals surface area contributed by atoms with Crippen molar-refractivity contribution < 1.29 is 9.53 Å². The molecule has 94 valence electrons. The zero-order valence-corrected chi connectivity index (χ0v) is 10.1. The number of hydrazine groups is 1. The van der Waals surface area contributed by atoms with Gasteiger partial charge in [-0.3, -0.25) is 15.6 Å². The number of hydrogen-bond donors (Lipinski definition) is 3. The maximum atomic E-state index is 12.0. The third-order valence-corrected chi connectivity index (χ3v) is 2.42. The molecule has 6 heteroatoms. The summed E-state index contributed by atoms with van der Waals surface area (Å²) in [4.78, 5) is 15.9. The van der Waals surface area contributed by atoms with E-state index in [4.69, 9.17) is 10.6 Å². The van der Waals surface area contributed by atoms with E-state index in [-0.39, 0.29) is 11.9 Å². The number of nitrogens with one attached hydrogen (secondary N) is 2. The standard InChI is InChI=1S/C11H18N4O2/c1-3-8(7-17-2)14-11(16)9-4-5-13-6-10(9)15-12/h4-6,8,15H,3,7,12H2,1-2H3,(H,14,16). The van der Waals surface area contributed by atoms with Gasteiger partial charge in [-0.05, 0) is 12.5 Å². The number of pyridine rings is 1. The molecule has 0 aromatic carbocycles. The minimum atomic E-state index is -0.191. The maximum absolute atomic E-state index is 12.0. The zero-order valence-electron chi connectivity index (χ0n) is 10.1. The number of aromatic nitrogens is 1. The number of anilines is 1. The highest BCUT2D eigenvalue weighted by atomic mass is 16.5. The highest BCUT2D eigenvalue weighted by Gasteiger charge is 2.14. The van der Waals surface area contributed by atoms with Gasteiger partial charge < -0.3 is 15.5 Å². The molecule has 1 aromatic heterocycles. The molecule has 6 nitrogen and oxygen atoms in total. The molecule has 1 atom stereocenters. The van der Waals surface area contributed by atoms with Crippen LogP contribution in [0.1, 0.15) is 23.7 Å². The normalized spacial score (nSPS) is 11.9. The van der Waals surface area contributed by atoms with Crippen LogP contribution in [0.2, 0.25) is 0 Å². The largest absolute Gasteiger partial charge is 0.383 e. The monoisotopic (exact) mass is 238 g/mol. The maximum Gasteiger partial charge on any atom is 0.253 e. The summed E-state index contributed by atoms with van der Waals surface area (Å²) in [6.07, 6.45) is 3.86. The summed E-state index contributed by atoms with van der Waals surface area (Å²) in [7, 11) is 1.61. The second-order valence-electron chi connectivity index (χ2n) is 3.60. The molecule has 1 rings (SSSR count). The van der Waals surface area contributed by atoms with E-state index in [1.807, 2.05) is 6.92 Å². The molecular weight excluding hydrogens is 220 g/mol. The summed E-state index contributed by atoms with van der Waals surface area (Å²) < 4.78 is 5.02. The summed E-state index contributed by atoms with van der Waals surface area (Å²) in [6, 6.07) is 1.61. The average Bonchev–Trinajstić information content (AvgIpc) is 2.38. The molecule has 0 aliphatic heterocycles. The second-order valence-corrected chi connectivity index (χ2v) is 3.60. The molecular formula is C11H18N4O2. The van der Waals surface area contributed by atoms with Gasteiger partial charge in [0.1, 0.15) is 0 Å². The summed E-state index contributed by atoms with van der Waals surface area (Å²) in [5.74, 6) is 5.13. The fourth-order valence-corrected chi connectivity index (χ4v) is 1.43. The Morgan fingerprint density at radius 2 is 2.41 bits per heavy atom. The molecule has 1 unspecified atom stereocenters. The van der Waals surface area contributed by atoms with Crippen molar-refractivity contribution in [1.29, 1.82) is 0 Å². The van der Waals surface area contributed by atoms with E-state index in [0.29, 0.717) is 17.9 Å². The fourth-order valence-electron chi connectivity index (χ4n) is 1.43. The van der Waals surface area contributed by atoms with E-state index >= 15 is 0 Å². The van der Waals surface area contributed by atoms with Gasteiger partial charge >= 0.3 is 0 Å². The Labute approximate surface area is 101 Å². The second kappa shape index (κ2) is 6.82. The first-order chi connectivity index (χ1) is 8.22. The lowest BCUT2D eigenvalue weighted by atomic mass is 10.2. The minimum Gasteiger partial charge on any atom is -0.383 e. The highest BCUT2D eigenvalue weighted by molar-refractivity contribution is 5.99. The van der Waals surface area contributed by atoms with Crippen LogP contribution in [0.15, 0.2) is 18.5 Å². The Morgan fingerprint density at radius 1 is 1.65 bits per heavy atom. The van der Waals surface area contributed by atoms with Gasteiger partial charge in [0.15, 0.2) is 0 Å². The molecule has 0 aliphatic carbocycles. The van der Waals surface area contributed by atoms with E-state index in [0.717, 1.165) is 6.42 Å². The lowest BCUT2D eigenvalue weighted by Gasteiger charge is -2.16. The summed E-state index contributed by atoms with van der Waals surface area (Å²) >= 11 is 0. The smallest absolute Gasteiger partial charge is 0.253 e. The van der Waals surface area contributed by atoms with Gasteiger partial charge in [-0.2, -0.15) is 0 Å². The van der Waals surface area contributed by atoms with Crippen molar-refractivity contribution in [1.82, 2.24) is 10.3 Å². The Bertz CT molecular complexity index is 370.